The van der Waals surface area contributed by atoms with E-state index >= 15 is 0 Å². The number of aryl methyl sites for hydroxylation is 1. The number of ether oxygens (including phenoxy) is 1. The molecule has 1 aromatic carbocycles. The van der Waals surface area contributed by atoms with E-state index < -0.39 is 0 Å². The summed E-state index contributed by atoms with van der Waals surface area (Å²) in [5, 5.41) is 6.01. The Morgan fingerprint density at radius 3 is 3.05 bits per heavy atom. The Morgan fingerprint density at radius 2 is 2.29 bits per heavy atom. The van der Waals surface area contributed by atoms with Gasteiger partial charge in [0.15, 0.2) is 11.7 Å². The van der Waals surface area contributed by atoms with E-state index in [0.29, 0.717) is 16.6 Å². The van der Waals surface area contributed by atoms with Gasteiger partial charge in [-0.05, 0) is 25.1 Å². The molecule has 7 heteroatoms. The number of hydrogen-bond donors (Lipinski definition) is 2. The van der Waals surface area contributed by atoms with Crippen molar-refractivity contribution < 1.29 is 14.3 Å². The molecule has 1 aliphatic heterocycles. The van der Waals surface area contributed by atoms with Crippen molar-refractivity contribution in [2.75, 3.05) is 17.2 Å². The molecule has 1 aliphatic rings. The van der Waals surface area contributed by atoms with Crippen molar-refractivity contribution in [3.05, 3.63) is 23.1 Å². The van der Waals surface area contributed by atoms with Crippen molar-refractivity contribution in [3.8, 4) is 17.0 Å². The first kappa shape index (κ1) is 13.6. The van der Waals surface area contributed by atoms with Crippen LogP contribution in [0.15, 0.2) is 18.2 Å². The first-order valence-corrected chi connectivity index (χ1v) is 7.16. The highest BCUT2D eigenvalue weighted by molar-refractivity contribution is 7.16. The maximum absolute atomic E-state index is 11.4. The van der Waals surface area contributed by atoms with Crippen LogP contribution in [0.2, 0.25) is 0 Å². The Morgan fingerprint density at radius 1 is 1.48 bits per heavy atom. The number of carbonyl (C=O) groups excluding carboxylic acids is 2. The van der Waals surface area contributed by atoms with Gasteiger partial charge in [0, 0.05) is 17.4 Å². The zero-order valence-corrected chi connectivity index (χ0v) is 12.3. The highest BCUT2D eigenvalue weighted by Gasteiger charge is 2.18. The number of nitrogens with zero attached hydrogens (tertiary/aromatic N) is 1. The van der Waals surface area contributed by atoms with Crippen LogP contribution in [0.3, 0.4) is 0 Å². The molecule has 3 rings (SSSR count). The fourth-order valence-corrected chi connectivity index (χ4v) is 2.98. The van der Waals surface area contributed by atoms with E-state index in [1.165, 1.54) is 18.3 Å². The molecule has 6 nitrogen and oxygen atoms in total. The number of carbonyl (C=O) groups is 2. The van der Waals surface area contributed by atoms with Gasteiger partial charge >= 0.3 is 0 Å². The van der Waals surface area contributed by atoms with E-state index in [2.05, 4.69) is 15.6 Å². The van der Waals surface area contributed by atoms with E-state index in [0.717, 1.165) is 16.1 Å². The largest absolute Gasteiger partial charge is 0.482 e. The van der Waals surface area contributed by atoms with Gasteiger partial charge in [-0.25, -0.2) is 4.98 Å². The monoisotopic (exact) mass is 303 g/mol. The first-order valence-electron chi connectivity index (χ1n) is 6.35. The molecule has 2 N–H and O–H groups in total. The second-order valence-corrected chi connectivity index (χ2v) is 5.86. The second kappa shape index (κ2) is 5.17. The van der Waals surface area contributed by atoms with Crippen LogP contribution in [0, 0.1) is 6.92 Å². The summed E-state index contributed by atoms with van der Waals surface area (Å²) in [4.78, 5) is 27.9. The molecule has 1 aromatic heterocycles. The van der Waals surface area contributed by atoms with Crippen molar-refractivity contribution >= 4 is 34.0 Å². The summed E-state index contributed by atoms with van der Waals surface area (Å²) in [6, 6.07) is 5.52. The van der Waals surface area contributed by atoms with Gasteiger partial charge in [-0.15, -0.1) is 11.3 Å². The average molecular weight is 303 g/mol. The van der Waals surface area contributed by atoms with Gasteiger partial charge in [-0.3, -0.25) is 9.59 Å². The molecule has 0 spiro atoms. The van der Waals surface area contributed by atoms with E-state index in [1.54, 1.807) is 6.07 Å². The lowest BCUT2D eigenvalue weighted by molar-refractivity contribution is -0.118. The molecule has 0 aliphatic carbocycles. The van der Waals surface area contributed by atoms with Crippen LogP contribution in [0.25, 0.3) is 11.3 Å². The maximum atomic E-state index is 11.4. The molecule has 2 amide bonds. The van der Waals surface area contributed by atoms with Crippen LogP contribution in [-0.4, -0.2) is 23.4 Å². The highest BCUT2D eigenvalue weighted by Crippen LogP contribution is 2.36. The number of rotatable bonds is 2. The minimum atomic E-state index is -0.173. The third kappa shape index (κ3) is 2.73. The Kier molecular flexibility index (Phi) is 3.34. The van der Waals surface area contributed by atoms with Crippen molar-refractivity contribution in [1.29, 1.82) is 0 Å². The maximum Gasteiger partial charge on any atom is 0.262 e. The van der Waals surface area contributed by atoms with Crippen LogP contribution in [0.4, 0.5) is 10.8 Å². The standard InChI is InChI=1S/C14H13N3O3S/c1-7-13(17-14(21-7)15-8(2)18)9-3-4-11-10(5-9)16-12(19)6-20-11/h3-5H,6H2,1-2H3,(H,16,19)(H,15,17,18). The molecular weight excluding hydrogens is 290 g/mol. The number of fused-ring (bicyclic) bond motifs is 1. The van der Waals surface area contributed by atoms with Crippen molar-refractivity contribution in [2.24, 2.45) is 0 Å². The lowest BCUT2D eigenvalue weighted by Gasteiger charge is -2.18. The molecule has 0 bridgehead atoms. The predicted molar refractivity (Wildman–Crippen MR) is 80.7 cm³/mol. The quantitative estimate of drug-likeness (QED) is 0.892. The molecule has 2 heterocycles. The van der Waals surface area contributed by atoms with E-state index in [1.807, 2.05) is 19.1 Å². The van der Waals surface area contributed by atoms with Crippen LogP contribution in [-0.2, 0) is 9.59 Å². The summed E-state index contributed by atoms with van der Waals surface area (Å²) < 4.78 is 5.33. The summed E-state index contributed by atoms with van der Waals surface area (Å²) in [6.07, 6.45) is 0. The Hall–Kier alpha value is -2.41. The summed E-state index contributed by atoms with van der Waals surface area (Å²) in [6.45, 7) is 3.42. The zero-order valence-electron chi connectivity index (χ0n) is 11.5. The van der Waals surface area contributed by atoms with Gasteiger partial charge < -0.3 is 15.4 Å². The van der Waals surface area contributed by atoms with Gasteiger partial charge in [0.05, 0.1) is 11.4 Å². The SMILES string of the molecule is CC(=O)Nc1nc(-c2ccc3c(c2)NC(=O)CO3)c(C)s1. The summed E-state index contributed by atoms with van der Waals surface area (Å²) in [5.74, 6) is 0.323. The van der Waals surface area contributed by atoms with E-state index in [4.69, 9.17) is 4.74 Å². The fraction of sp³-hybridized carbons (Fsp3) is 0.214. The van der Waals surface area contributed by atoms with E-state index in [9.17, 15) is 9.59 Å². The molecule has 0 saturated heterocycles. The number of anilines is 2. The number of hydrogen-bond acceptors (Lipinski definition) is 5. The Labute approximate surface area is 125 Å². The molecule has 0 radical (unpaired) electrons. The first-order chi connectivity index (χ1) is 10.0. The molecule has 2 aromatic rings. The summed E-state index contributed by atoms with van der Waals surface area (Å²) in [5.41, 5.74) is 2.29. The van der Waals surface area contributed by atoms with Crippen molar-refractivity contribution in [3.63, 3.8) is 0 Å². The van der Waals surface area contributed by atoms with Crippen molar-refractivity contribution in [1.82, 2.24) is 4.98 Å². The number of aromatic nitrogens is 1. The van der Waals surface area contributed by atoms with Crippen LogP contribution in [0.1, 0.15) is 11.8 Å². The van der Waals surface area contributed by atoms with Gasteiger partial charge in [-0.1, -0.05) is 0 Å². The molecule has 0 saturated carbocycles. The van der Waals surface area contributed by atoms with E-state index in [-0.39, 0.29) is 18.4 Å². The van der Waals surface area contributed by atoms with Gasteiger partial charge in [0.2, 0.25) is 5.91 Å². The van der Waals surface area contributed by atoms with Crippen LogP contribution >= 0.6 is 11.3 Å². The number of benzene rings is 1. The van der Waals surface area contributed by atoms with Gasteiger partial charge in [0.25, 0.3) is 5.91 Å². The number of nitrogens with one attached hydrogen (secondary N) is 2. The third-order valence-electron chi connectivity index (χ3n) is 2.97. The Balaban J connectivity index is 1.97. The highest BCUT2D eigenvalue weighted by atomic mass is 32.1. The molecule has 0 unspecified atom stereocenters. The topological polar surface area (TPSA) is 80.3 Å². The smallest absolute Gasteiger partial charge is 0.262 e. The minimum Gasteiger partial charge on any atom is -0.482 e. The van der Waals surface area contributed by atoms with Crippen molar-refractivity contribution in [2.45, 2.75) is 13.8 Å². The van der Waals surface area contributed by atoms with Gasteiger partial charge in [-0.2, -0.15) is 0 Å². The minimum absolute atomic E-state index is 0.0365. The Bertz CT molecular complexity index is 739. The third-order valence-corrected chi connectivity index (χ3v) is 3.85. The summed E-state index contributed by atoms with van der Waals surface area (Å²) >= 11 is 1.41. The number of thiazole rings is 1. The van der Waals surface area contributed by atoms with Gasteiger partial charge in [0.1, 0.15) is 5.75 Å². The normalized spacial score (nSPS) is 13.1. The molecule has 0 atom stereocenters. The molecular formula is C14H13N3O3S. The average Bonchev–Trinajstić information content (AvgIpc) is 2.77. The number of amides is 2. The molecule has 21 heavy (non-hydrogen) atoms. The molecule has 108 valence electrons. The second-order valence-electron chi connectivity index (χ2n) is 4.65. The fourth-order valence-electron chi connectivity index (χ4n) is 2.10. The predicted octanol–water partition coefficient (Wildman–Crippen LogP) is 2.41. The van der Waals surface area contributed by atoms with Crippen LogP contribution < -0.4 is 15.4 Å². The zero-order chi connectivity index (χ0) is 15.0. The lowest BCUT2D eigenvalue weighted by atomic mass is 10.1. The summed E-state index contributed by atoms with van der Waals surface area (Å²) in [7, 11) is 0. The van der Waals surface area contributed by atoms with Crippen LogP contribution in [0.5, 0.6) is 5.75 Å². The lowest BCUT2D eigenvalue weighted by Crippen LogP contribution is -2.25. The molecule has 0 fully saturated rings.